The molecular weight excluding hydrogens is 202 g/mol. The maximum atomic E-state index is 11.9. The molecule has 16 heavy (non-hydrogen) atoms. The highest BCUT2D eigenvalue weighted by Gasteiger charge is 2.22. The van der Waals surface area contributed by atoms with Crippen LogP contribution in [0.4, 0.5) is 0 Å². The molecular formula is C13H21NO2. The van der Waals surface area contributed by atoms with Crippen molar-refractivity contribution in [3.8, 4) is 0 Å². The van der Waals surface area contributed by atoms with Crippen molar-refractivity contribution in [3.05, 3.63) is 11.8 Å². The van der Waals surface area contributed by atoms with Gasteiger partial charge in [0.15, 0.2) is 5.78 Å². The molecule has 1 heterocycles. The Bertz CT molecular complexity index is 280. The first-order chi connectivity index (χ1) is 7.77. The molecule has 0 radical (unpaired) electrons. The van der Waals surface area contributed by atoms with Crippen LogP contribution in [0.5, 0.6) is 0 Å². The number of Topliss-reactive ketones (excluding diaryl/α,β-unsaturated/α-hetero) is 1. The number of carbonyl (C=O) groups is 1. The summed E-state index contributed by atoms with van der Waals surface area (Å²) in [4.78, 5) is 11.9. The van der Waals surface area contributed by atoms with Crippen LogP contribution in [-0.4, -0.2) is 25.0 Å². The van der Waals surface area contributed by atoms with Gasteiger partial charge in [-0.15, -0.1) is 0 Å². The summed E-state index contributed by atoms with van der Waals surface area (Å²) in [7, 11) is 0. The monoisotopic (exact) mass is 223 g/mol. The second-order valence-electron chi connectivity index (χ2n) is 4.88. The first-order valence-electron chi connectivity index (χ1n) is 6.34. The maximum Gasteiger partial charge on any atom is 0.163 e. The van der Waals surface area contributed by atoms with Crippen molar-refractivity contribution in [2.45, 2.75) is 45.1 Å². The van der Waals surface area contributed by atoms with Gasteiger partial charge < -0.3 is 10.1 Å². The molecule has 2 aliphatic rings. The molecule has 0 aromatic heterocycles. The average Bonchev–Trinajstić information content (AvgIpc) is 2.32. The number of nitrogens with one attached hydrogen (secondary N) is 1. The zero-order valence-electron chi connectivity index (χ0n) is 10.00. The normalized spacial score (nSPS) is 30.7. The number of rotatable bonds is 2. The highest BCUT2D eigenvalue weighted by atomic mass is 16.5. The van der Waals surface area contributed by atoms with Crippen LogP contribution in [0, 0.1) is 5.92 Å². The molecule has 1 saturated carbocycles. The van der Waals surface area contributed by atoms with E-state index in [9.17, 15) is 4.79 Å². The Kier molecular flexibility index (Phi) is 3.99. The molecule has 1 aliphatic carbocycles. The van der Waals surface area contributed by atoms with Gasteiger partial charge in [0, 0.05) is 36.9 Å². The van der Waals surface area contributed by atoms with Crippen molar-refractivity contribution in [1.29, 1.82) is 0 Å². The van der Waals surface area contributed by atoms with Crippen LogP contribution in [0.1, 0.15) is 39.0 Å². The summed E-state index contributed by atoms with van der Waals surface area (Å²) in [5, 5.41) is 3.38. The lowest BCUT2D eigenvalue weighted by Crippen LogP contribution is -2.32. The Balaban J connectivity index is 1.87. The van der Waals surface area contributed by atoms with Gasteiger partial charge in [-0.2, -0.15) is 0 Å². The minimum atomic E-state index is 0.219. The van der Waals surface area contributed by atoms with E-state index < -0.39 is 0 Å². The van der Waals surface area contributed by atoms with Crippen LogP contribution in [0.15, 0.2) is 11.8 Å². The van der Waals surface area contributed by atoms with Gasteiger partial charge in [-0.25, -0.2) is 0 Å². The zero-order chi connectivity index (χ0) is 11.4. The van der Waals surface area contributed by atoms with Crippen molar-refractivity contribution >= 4 is 5.78 Å². The van der Waals surface area contributed by atoms with Gasteiger partial charge in [-0.1, -0.05) is 6.92 Å². The van der Waals surface area contributed by atoms with Crippen LogP contribution in [-0.2, 0) is 9.53 Å². The van der Waals surface area contributed by atoms with Crippen LogP contribution < -0.4 is 5.32 Å². The fraction of sp³-hybridized carbons (Fsp3) is 0.769. The summed E-state index contributed by atoms with van der Waals surface area (Å²) < 4.78 is 5.30. The average molecular weight is 223 g/mol. The van der Waals surface area contributed by atoms with Crippen molar-refractivity contribution in [3.63, 3.8) is 0 Å². The summed E-state index contributed by atoms with van der Waals surface area (Å²) in [6.45, 7) is 3.71. The Labute approximate surface area is 97.2 Å². The van der Waals surface area contributed by atoms with Crippen molar-refractivity contribution in [2.75, 3.05) is 13.2 Å². The zero-order valence-corrected chi connectivity index (χ0v) is 10.00. The topological polar surface area (TPSA) is 38.3 Å². The van der Waals surface area contributed by atoms with E-state index in [1.54, 1.807) is 0 Å². The minimum absolute atomic E-state index is 0.219. The van der Waals surface area contributed by atoms with Crippen molar-refractivity contribution < 1.29 is 9.53 Å². The number of carbonyl (C=O) groups excluding carboxylic acids is 1. The summed E-state index contributed by atoms with van der Waals surface area (Å²) in [5.74, 6) is 0.558. The first-order valence-corrected chi connectivity index (χ1v) is 6.34. The highest BCUT2D eigenvalue weighted by Crippen LogP contribution is 2.24. The van der Waals surface area contributed by atoms with Crippen LogP contribution in [0.2, 0.25) is 0 Å². The maximum absolute atomic E-state index is 11.9. The molecule has 2 rings (SSSR count). The number of hydrogen-bond donors (Lipinski definition) is 1. The summed E-state index contributed by atoms with van der Waals surface area (Å²) in [6, 6.07) is 0.492. The van der Waals surface area contributed by atoms with Gasteiger partial charge in [0.1, 0.15) is 0 Å². The van der Waals surface area contributed by atoms with Crippen molar-refractivity contribution in [1.82, 2.24) is 5.32 Å². The molecule has 0 spiro atoms. The first kappa shape index (κ1) is 11.6. The third kappa shape index (κ3) is 2.85. The van der Waals surface area contributed by atoms with E-state index in [0.717, 1.165) is 50.9 Å². The van der Waals surface area contributed by atoms with Gasteiger partial charge >= 0.3 is 0 Å². The molecule has 3 nitrogen and oxygen atoms in total. The number of allylic oxidation sites excluding steroid dienone is 1. The Morgan fingerprint density at radius 3 is 2.81 bits per heavy atom. The lowest BCUT2D eigenvalue weighted by molar-refractivity contribution is -0.119. The van der Waals surface area contributed by atoms with E-state index in [1.807, 2.05) is 13.1 Å². The van der Waals surface area contributed by atoms with Gasteiger partial charge in [-0.05, 0) is 32.1 Å². The van der Waals surface area contributed by atoms with E-state index in [4.69, 9.17) is 4.74 Å². The molecule has 0 aromatic rings. The molecule has 1 saturated heterocycles. The third-order valence-electron chi connectivity index (χ3n) is 3.56. The molecule has 1 N–H and O–H groups in total. The lowest BCUT2D eigenvalue weighted by atomic mass is 9.86. The SMILES string of the molecule is CC1CCC/C(=C\NC2CCOCC2)C1=O. The molecule has 90 valence electrons. The smallest absolute Gasteiger partial charge is 0.163 e. The molecule has 0 amide bonds. The lowest BCUT2D eigenvalue weighted by Gasteiger charge is -2.24. The molecule has 3 heteroatoms. The molecule has 0 aromatic carbocycles. The molecule has 2 fully saturated rings. The number of hydrogen-bond acceptors (Lipinski definition) is 3. The predicted octanol–water partition coefficient (Wildman–Crippen LogP) is 2.03. The molecule has 0 bridgehead atoms. The summed E-state index contributed by atoms with van der Waals surface area (Å²) in [5.41, 5.74) is 0.991. The quantitative estimate of drug-likeness (QED) is 0.728. The van der Waals surface area contributed by atoms with Gasteiger partial charge in [-0.3, -0.25) is 4.79 Å². The van der Waals surface area contributed by atoms with E-state index in [0.29, 0.717) is 11.8 Å². The number of ketones is 1. The van der Waals surface area contributed by atoms with Gasteiger partial charge in [0.05, 0.1) is 0 Å². The van der Waals surface area contributed by atoms with Gasteiger partial charge in [0.25, 0.3) is 0 Å². The Morgan fingerprint density at radius 1 is 1.31 bits per heavy atom. The summed E-state index contributed by atoms with van der Waals surface area (Å²) >= 11 is 0. The number of ether oxygens (including phenoxy) is 1. The fourth-order valence-electron chi connectivity index (χ4n) is 2.40. The van der Waals surface area contributed by atoms with Crippen LogP contribution >= 0.6 is 0 Å². The van der Waals surface area contributed by atoms with Gasteiger partial charge in [0.2, 0.25) is 0 Å². The van der Waals surface area contributed by atoms with Crippen LogP contribution in [0.3, 0.4) is 0 Å². The Morgan fingerprint density at radius 2 is 2.06 bits per heavy atom. The van der Waals surface area contributed by atoms with Crippen molar-refractivity contribution in [2.24, 2.45) is 5.92 Å². The Hall–Kier alpha value is -0.830. The van der Waals surface area contributed by atoms with E-state index in [-0.39, 0.29) is 5.92 Å². The molecule has 1 atom stereocenters. The second kappa shape index (κ2) is 5.48. The third-order valence-corrected chi connectivity index (χ3v) is 3.56. The van der Waals surface area contributed by atoms with Crippen LogP contribution in [0.25, 0.3) is 0 Å². The second-order valence-corrected chi connectivity index (χ2v) is 4.88. The summed E-state index contributed by atoms with van der Waals surface area (Å²) in [6.07, 6.45) is 7.20. The minimum Gasteiger partial charge on any atom is -0.388 e. The molecule has 1 unspecified atom stereocenters. The fourth-order valence-corrected chi connectivity index (χ4v) is 2.40. The predicted molar refractivity (Wildman–Crippen MR) is 63.1 cm³/mol. The standard InChI is InChI=1S/C13H21NO2/c1-10-3-2-4-11(13(10)15)9-14-12-5-7-16-8-6-12/h9-10,12,14H,2-8H2,1H3/b11-9+. The van der Waals surface area contributed by atoms with E-state index in [2.05, 4.69) is 5.32 Å². The molecule has 1 aliphatic heterocycles. The highest BCUT2D eigenvalue weighted by molar-refractivity contribution is 5.97. The largest absolute Gasteiger partial charge is 0.388 e. The van der Waals surface area contributed by atoms with E-state index in [1.165, 1.54) is 0 Å². The van der Waals surface area contributed by atoms with E-state index >= 15 is 0 Å².